The van der Waals surface area contributed by atoms with Gasteiger partial charge in [-0.3, -0.25) is 4.68 Å². The Morgan fingerprint density at radius 3 is 2.86 bits per heavy atom. The quantitative estimate of drug-likeness (QED) is 0.733. The molecule has 0 aliphatic rings. The molecular weight excluding hydrogens is 302 g/mol. The van der Waals surface area contributed by atoms with Gasteiger partial charge in [0.15, 0.2) is 10.4 Å². The molecule has 0 spiro atoms. The summed E-state index contributed by atoms with van der Waals surface area (Å²) < 4.78 is 4.83. The molecule has 0 unspecified atom stereocenters. The van der Waals surface area contributed by atoms with E-state index < -0.39 is 0 Å². The molecule has 7 heteroatoms. The van der Waals surface area contributed by atoms with Gasteiger partial charge in [0.25, 0.3) is 0 Å². The van der Waals surface area contributed by atoms with Gasteiger partial charge in [0, 0.05) is 25.4 Å². The molecule has 0 aliphatic heterocycles. The first-order chi connectivity index (χ1) is 10.1. The zero-order chi connectivity index (χ0) is 15.0. The number of aromatic nitrogens is 5. The standard InChI is InChI=1S/C14H19N5S2/c1-4-5-11-12-13(18(3)17-11)19(14(20)16-12)7-6-10-8-21-9(2)15-10/h8H,4-7H2,1-3H3,(H,16,20). The van der Waals surface area contributed by atoms with Crippen molar-refractivity contribution < 1.29 is 0 Å². The SMILES string of the molecule is CCCc1nn(C)c2c1[nH]c(=S)n2CCc1csc(C)n1. The van der Waals surface area contributed by atoms with Crippen LogP contribution in [-0.4, -0.2) is 24.3 Å². The van der Waals surface area contributed by atoms with Gasteiger partial charge in [0.1, 0.15) is 5.52 Å². The molecule has 3 aromatic rings. The highest BCUT2D eigenvalue weighted by molar-refractivity contribution is 7.71. The highest BCUT2D eigenvalue weighted by Gasteiger charge is 2.14. The van der Waals surface area contributed by atoms with E-state index in [-0.39, 0.29) is 0 Å². The van der Waals surface area contributed by atoms with Crippen molar-refractivity contribution in [3.63, 3.8) is 0 Å². The predicted molar refractivity (Wildman–Crippen MR) is 88.4 cm³/mol. The summed E-state index contributed by atoms with van der Waals surface area (Å²) in [6.07, 6.45) is 2.94. The average molecular weight is 321 g/mol. The van der Waals surface area contributed by atoms with Crippen molar-refractivity contribution in [3.8, 4) is 0 Å². The van der Waals surface area contributed by atoms with Gasteiger partial charge in [-0.25, -0.2) is 4.98 Å². The molecule has 0 fully saturated rings. The second-order valence-electron chi connectivity index (χ2n) is 5.21. The van der Waals surface area contributed by atoms with Crippen molar-refractivity contribution in [1.82, 2.24) is 24.3 Å². The van der Waals surface area contributed by atoms with Crippen LogP contribution >= 0.6 is 23.6 Å². The third-order valence-corrected chi connectivity index (χ3v) is 4.71. The second-order valence-corrected chi connectivity index (χ2v) is 6.66. The molecule has 0 radical (unpaired) electrons. The Hall–Kier alpha value is -1.47. The first-order valence-corrected chi connectivity index (χ1v) is 8.44. The van der Waals surface area contributed by atoms with Crippen molar-refractivity contribution in [2.45, 2.75) is 39.7 Å². The normalized spacial score (nSPS) is 11.6. The Morgan fingerprint density at radius 1 is 1.38 bits per heavy atom. The van der Waals surface area contributed by atoms with Gasteiger partial charge in [-0.05, 0) is 25.6 Å². The third-order valence-electron chi connectivity index (χ3n) is 3.57. The van der Waals surface area contributed by atoms with Gasteiger partial charge in [-0.1, -0.05) is 13.3 Å². The van der Waals surface area contributed by atoms with E-state index in [4.69, 9.17) is 12.2 Å². The molecule has 0 saturated heterocycles. The highest BCUT2D eigenvalue weighted by Crippen LogP contribution is 2.19. The van der Waals surface area contributed by atoms with E-state index in [9.17, 15) is 0 Å². The zero-order valence-electron chi connectivity index (χ0n) is 12.5. The van der Waals surface area contributed by atoms with Crippen LogP contribution in [0.25, 0.3) is 11.2 Å². The van der Waals surface area contributed by atoms with Crippen LogP contribution in [0.2, 0.25) is 0 Å². The number of thiazole rings is 1. The summed E-state index contributed by atoms with van der Waals surface area (Å²) in [6.45, 7) is 5.02. The van der Waals surface area contributed by atoms with Crippen LogP contribution in [0.4, 0.5) is 0 Å². The molecule has 0 saturated carbocycles. The van der Waals surface area contributed by atoms with E-state index in [1.165, 1.54) is 0 Å². The van der Waals surface area contributed by atoms with Crippen molar-refractivity contribution in [2.24, 2.45) is 7.05 Å². The van der Waals surface area contributed by atoms with Gasteiger partial charge in [-0.2, -0.15) is 5.10 Å². The van der Waals surface area contributed by atoms with E-state index in [1.54, 1.807) is 11.3 Å². The summed E-state index contributed by atoms with van der Waals surface area (Å²) in [6, 6.07) is 0. The van der Waals surface area contributed by atoms with Gasteiger partial charge in [0.05, 0.1) is 16.4 Å². The largest absolute Gasteiger partial charge is 0.328 e. The zero-order valence-corrected chi connectivity index (χ0v) is 14.1. The summed E-state index contributed by atoms with van der Waals surface area (Å²) in [5.41, 5.74) is 4.39. The number of H-pyrrole nitrogens is 1. The lowest BCUT2D eigenvalue weighted by molar-refractivity contribution is 0.655. The Kier molecular flexibility index (Phi) is 3.95. The molecule has 0 aliphatic carbocycles. The lowest BCUT2D eigenvalue weighted by Gasteiger charge is -2.03. The number of hydrogen-bond donors (Lipinski definition) is 1. The van der Waals surface area contributed by atoms with Crippen molar-refractivity contribution >= 4 is 34.7 Å². The summed E-state index contributed by atoms with van der Waals surface area (Å²) in [5.74, 6) is 0. The molecule has 1 N–H and O–H groups in total. The van der Waals surface area contributed by atoms with Crippen molar-refractivity contribution in [3.05, 3.63) is 26.5 Å². The number of nitrogens with zero attached hydrogens (tertiary/aromatic N) is 4. The molecule has 3 rings (SSSR count). The minimum atomic E-state index is 0.766. The van der Waals surface area contributed by atoms with E-state index in [0.29, 0.717) is 0 Å². The Labute approximate surface area is 132 Å². The number of fused-ring (bicyclic) bond motifs is 1. The monoisotopic (exact) mass is 321 g/mol. The smallest absolute Gasteiger partial charge is 0.179 e. The fourth-order valence-corrected chi connectivity index (χ4v) is 3.57. The van der Waals surface area contributed by atoms with Gasteiger partial charge >= 0.3 is 0 Å². The van der Waals surface area contributed by atoms with Crippen molar-refractivity contribution in [2.75, 3.05) is 0 Å². The first-order valence-electron chi connectivity index (χ1n) is 7.15. The summed E-state index contributed by atoms with van der Waals surface area (Å²) in [5, 5.41) is 7.83. The van der Waals surface area contributed by atoms with Gasteiger partial charge in [-0.15, -0.1) is 11.3 Å². The number of hydrogen-bond acceptors (Lipinski definition) is 4. The van der Waals surface area contributed by atoms with Crippen LogP contribution in [0.15, 0.2) is 5.38 Å². The molecule has 0 bridgehead atoms. The number of aryl methyl sites for hydroxylation is 5. The minimum Gasteiger partial charge on any atom is -0.328 e. The van der Waals surface area contributed by atoms with E-state index in [2.05, 4.69) is 31.9 Å². The first kappa shape index (κ1) is 14.5. The Morgan fingerprint density at radius 2 is 2.19 bits per heavy atom. The third kappa shape index (κ3) is 2.67. The van der Waals surface area contributed by atoms with Crippen LogP contribution in [0.1, 0.15) is 29.7 Å². The lowest BCUT2D eigenvalue weighted by Crippen LogP contribution is -2.05. The Balaban J connectivity index is 1.94. The van der Waals surface area contributed by atoms with Gasteiger partial charge in [0.2, 0.25) is 0 Å². The molecule has 0 atom stereocenters. The number of rotatable bonds is 5. The molecule has 5 nitrogen and oxygen atoms in total. The van der Waals surface area contributed by atoms with E-state index >= 15 is 0 Å². The Bertz CT molecular complexity index is 820. The minimum absolute atomic E-state index is 0.766. The van der Waals surface area contributed by atoms with Crippen molar-refractivity contribution in [1.29, 1.82) is 0 Å². The molecular formula is C14H19N5S2. The average Bonchev–Trinajstić information content (AvgIpc) is 3.07. The maximum Gasteiger partial charge on any atom is 0.179 e. The summed E-state index contributed by atoms with van der Waals surface area (Å²) >= 11 is 7.17. The predicted octanol–water partition coefficient (Wildman–Crippen LogP) is 3.39. The van der Waals surface area contributed by atoms with Crippen LogP contribution in [0.3, 0.4) is 0 Å². The molecule has 0 amide bonds. The molecule has 3 heterocycles. The van der Waals surface area contributed by atoms with Crippen LogP contribution in [0.5, 0.6) is 0 Å². The molecule has 112 valence electrons. The maximum atomic E-state index is 5.48. The maximum absolute atomic E-state index is 5.48. The molecule has 21 heavy (non-hydrogen) atoms. The highest BCUT2D eigenvalue weighted by atomic mass is 32.1. The van der Waals surface area contributed by atoms with Gasteiger partial charge < -0.3 is 9.55 Å². The molecule has 0 aromatic carbocycles. The van der Waals surface area contributed by atoms with Crippen LogP contribution in [-0.2, 0) is 26.4 Å². The van der Waals surface area contributed by atoms with E-state index in [0.717, 1.165) is 58.1 Å². The van der Waals surface area contributed by atoms with Crippen LogP contribution < -0.4 is 0 Å². The summed E-state index contributed by atoms with van der Waals surface area (Å²) in [4.78, 5) is 7.83. The lowest BCUT2D eigenvalue weighted by atomic mass is 10.2. The number of imidazole rings is 1. The number of nitrogens with one attached hydrogen (secondary N) is 1. The fraction of sp³-hybridized carbons (Fsp3) is 0.500. The summed E-state index contributed by atoms with van der Waals surface area (Å²) in [7, 11) is 1.98. The fourth-order valence-electron chi connectivity index (χ4n) is 2.65. The second kappa shape index (κ2) is 5.73. The van der Waals surface area contributed by atoms with Crippen LogP contribution in [0, 0.1) is 11.7 Å². The molecule has 3 aromatic heterocycles. The topological polar surface area (TPSA) is 51.4 Å². The van der Waals surface area contributed by atoms with E-state index in [1.807, 2.05) is 18.7 Å². The number of aromatic amines is 1.